The van der Waals surface area contributed by atoms with E-state index in [0.717, 1.165) is 28.3 Å². The number of hydrogen-bond acceptors (Lipinski definition) is 6. The maximum atomic E-state index is 13.8. The first-order chi connectivity index (χ1) is 19.9. The third kappa shape index (κ3) is 6.08. The standard InChI is InChI=1S/C30H33F5N2O3S2/c1-36-20(6-7-26(32)33)14-37(19-4-2-18(31)3-5-19)22-10-25(41-21-12-28(13-21)8-9-28)23(11-24(22)42-36)40-17-29(27(38)39)15-30(34,35)16-29/h2-5,10-11,20-21,26H,6-9,12-17H2,1H3,(H,38,39). The van der Waals surface area contributed by atoms with Crippen molar-refractivity contribution in [2.24, 2.45) is 10.8 Å². The zero-order valence-electron chi connectivity index (χ0n) is 23.1. The first-order valence-electron chi connectivity index (χ1n) is 14.2. The molecule has 0 saturated heterocycles. The minimum absolute atomic E-state index is 0.247. The van der Waals surface area contributed by atoms with Crippen molar-refractivity contribution in [3.63, 3.8) is 0 Å². The number of aliphatic carboxylic acids is 1. The van der Waals surface area contributed by atoms with Crippen molar-refractivity contribution in [2.75, 3.05) is 25.1 Å². The number of carbonyl (C=O) groups is 1. The van der Waals surface area contributed by atoms with Gasteiger partial charge in [-0.3, -0.25) is 4.79 Å². The molecule has 12 heteroatoms. The van der Waals surface area contributed by atoms with E-state index in [0.29, 0.717) is 28.6 Å². The molecular weight excluding hydrogens is 595 g/mol. The van der Waals surface area contributed by atoms with Crippen LogP contribution in [0.1, 0.15) is 51.4 Å². The van der Waals surface area contributed by atoms with Gasteiger partial charge in [0.2, 0.25) is 6.43 Å². The van der Waals surface area contributed by atoms with Crippen molar-refractivity contribution in [2.45, 2.75) is 84.8 Å². The Balaban J connectivity index is 1.35. The van der Waals surface area contributed by atoms with Crippen molar-refractivity contribution in [3.8, 4) is 5.75 Å². The number of carboxylic acids is 1. The van der Waals surface area contributed by atoms with Crippen LogP contribution < -0.4 is 9.64 Å². The highest BCUT2D eigenvalue weighted by Crippen LogP contribution is 2.65. The van der Waals surface area contributed by atoms with Gasteiger partial charge in [0, 0.05) is 42.8 Å². The van der Waals surface area contributed by atoms with Gasteiger partial charge in [0.15, 0.2) is 0 Å². The van der Waals surface area contributed by atoms with E-state index in [4.69, 9.17) is 4.74 Å². The largest absolute Gasteiger partial charge is 0.491 e. The van der Waals surface area contributed by atoms with E-state index in [1.165, 1.54) is 36.9 Å². The van der Waals surface area contributed by atoms with Crippen LogP contribution in [0.25, 0.3) is 0 Å². The molecule has 0 radical (unpaired) electrons. The Morgan fingerprint density at radius 3 is 2.45 bits per heavy atom. The molecule has 2 aromatic rings. The van der Waals surface area contributed by atoms with Gasteiger partial charge >= 0.3 is 5.97 Å². The van der Waals surface area contributed by atoms with Crippen LogP contribution in [0.2, 0.25) is 0 Å². The van der Waals surface area contributed by atoms with Gasteiger partial charge in [0.05, 0.1) is 15.5 Å². The molecule has 0 amide bonds. The van der Waals surface area contributed by atoms with Gasteiger partial charge in [-0.15, -0.1) is 11.8 Å². The summed E-state index contributed by atoms with van der Waals surface area (Å²) in [6.45, 7) is 0.0149. The fourth-order valence-electron chi connectivity index (χ4n) is 6.35. The van der Waals surface area contributed by atoms with Crippen molar-refractivity contribution in [1.82, 2.24) is 4.31 Å². The molecule has 3 fully saturated rings. The summed E-state index contributed by atoms with van der Waals surface area (Å²) in [4.78, 5) is 15.5. The molecule has 42 heavy (non-hydrogen) atoms. The van der Waals surface area contributed by atoms with Gasteiger partial charge in [-0.2, -0.15) is 0 Å². The van der Waals surface area contributed by atoms with Crippen LogP contribution >= 0.6 is 23.7 Å². The first kappa shape index (κ1) is 29.9. The number of alkyl halides is 4. The van der Waals surface area contributed by atoms with E-state index < -0.39 is 36.6 Å². The summed E-state index contributed by atoms with van der Waals surface area (Å²) in [7, 11) is 1.83. The van der Waals surface area contributed by atoms with Crippen LogP contribution in [-0.4, -0.2) is 59.2 Å². The van der Waals surface area contributed by atoms with Crippen LogP contribution in [0.15, 0.2) is 46.2 Å². The topological polar surface area (TPSA) is 53.0 Å². The summed E-state index contributed by atoms with van der Waals surface area (Å²) in [5.41, 5.74) is 0.307. The number of likely N-dealkylation sites (N-methyl/N-ethyl adjacent to an activating group) is 1. The zero-order valence-corrected chi connectivity index (χ0v) is 24.8. The zero-order chi connectivity index (χ0) is 29.9. The van der Waals surface area contributed by atoms with Crippen molar-refractivity contribution in [1.29, 1.82) is 0 Å². The van der Waals surface area contributed by atoms with Gasteiger partial charge < -0.3 is 14.7 Å². The lowest BCUT2D eigenvalue weighted by Crippen LogP contribution is -2.54. The number of anilines is 2. The molecule has 2 aromatic carbocycles. The van der Waals surface area contributed by atoms with Crippen LogP contribution in [0.5, 0.6) is 5.75 Å². The average molecular weight is 629 g/mol. The number of benzene rings is 2. The molecule has 1 heterocycles. The Morgan fingerprint density at radius 2 is 1.86 bits per heavy atom. The summed E-state index contributed by atoms with van der Waals surface area (Å²) in [6.07, 6.45) is 0.631. The molecular formula is C30H33F5N2O3S2. The Labute approximate surface area is 250 Å². The molecule has 1 unspecified atom stereocenters. The van der Waals surface area contributed by atoms with Crippen molar-refractivity contribution >= 4 is 41.1 Å². The molecule has 3 aliphatic carbocycles. The number of carboxylic acid groups (broad SMARTS) is 1. The fraction of sp³-hybridized carbons (Fsp3) is 0.567. The first-order valence-corrected chi connectivity index (χ1v) is 15.8. The van der Waals surface area contributed by atoms with Gasteiger partial charge in [-0.1, -0.05) is 0 Å². The van der Waals surface area contributed by atoms with Gasteiger partial charge in [-0.05, 0) is 92.9 Å². The van der Waals surface area contributed by atoms with E-state index in [-0.39, 0.29) is 31.3 Å². The molecule has 1 atom stereocenters. The van der Waals surface area contributed by atoms with E-state index in [9.17, 15) is 31.9 Å². The highest BCUT2D eigenvalue weighted by atomic mass is 32.2. The highest BCUT2D eigenvalue weighted by Gasteiger charge is 2.62. The molecule has 6 rings (SSSR count). The number of thioether (sulfide) groups is 1. The number of halogens is 5. The van der Waals surface area contributed by atoms with Crippen LogP contribution in [0.3, 0.4) is 0 Å². The summed E-state index contributed by atoms with van der Waals surface area (Å²) >= 11 is 3.02. The fourth-order valence-corrected chi connectivity index (χ4v) is 9.05. The Hall–Kier alpha value is -2.18. The quantitative estimate of drug-likeness (QED) is 0.210. The second-order valence-corrected chi connectivity index (χ2v) is 14.9. The van der Waals surface area contributed by atoms with Crippen molar-refractivity contribution in [3.05, 3.63) is 42.2 Å². The smallest absolute Gasteiger partial charge is 0.313 e. The third-order valence-corrected chi connectivity index (χ3v) is 11.4. The second kappa shape index (κ2) is 11.1. The minimum Gasteiger partial charge on any atom is -0.491 e. The molecule has 1 spiro atoms. The summed E-state index contributed by atoms with van der Waals surface area (Å²) in [5.74, 6) is -4.29. The molecule has 3 saturated carbocycles. The molecule has 1 aliphatic heterocycles. The van der Waals surface area contributed by atoms with Crippen LogP contribution in [-0.2, 0) is 4.79 Å². The lowest BCUT2D eigenvalue weighted by molar-refractivity contribution is -0.199. The van der Waals surface area contributed by atoms with Gasteiger partial charge in [0.25, 0.3) is 5.92 Å². The Morgan fingerprint density at radius 1 is 1.17 bits per heavy atom. The lowest BCUT2D eigenvalue weighted by Gasteiger charge is -2.43. The third-order valence-electron chi connectivity index (χ3n) is 9.05. The number of nitrogens with zero attached hydrogens (tertiary/aromatic N) is 2. The molecule has 0 bridgehead atoms. The maximum Gasteiger partial charge on any atom is 0.313 e. The molecule has 1 N–H and O–H groups in total. The average Bonchev–Trinajstić information content (AvgIpc) is 3.69. The van der Waals surface area contributed by atoms with E-state index in [1.54, 1.807) is 23.9 Å². The lowest BCUT2D eigenvalue weighted by atomic mass is 9.66. The Bertz CT molecular complexity index is 1320. The maximum absolute atomic E-state index is 13.8. The summed E-state index contributed by atoms with van der Waals surface area (Å²) in [5, 5.41) is 10.1. The van der Waals surface area contributed by atoms with Crippen molar-refractivity contribution < 1.29 is 36.6 Å². The number of ether oxygens (including phenoxy) is 1. The summed E-state index contributed by atoms with van der Waals surface area (Å²) < 4.78 is 75.9. The van der Waals surface area contributed by atoms with Gasteiger partial charge in [0.1, 0.15) is 23.6 Å². The number of hydrogen-bond donors (Lipinski definition) is 1. The van der Waals surface area contributed by atoms with E-state index in [2.05, 4.69) is 0 Å². The molecule has 4 aliphatic rings. The second-order valence-electron chi connectivity index (χ2n) is 12.3. The highest BCUT2D eigenvalue weighted by molar-refractivity contribution is 8.00. The minimum atomic E-state index is -3.03. The molecule has 0 aromatic heterocycles. The van der Waals surface area contributed by atoms with Crippen LogP contribution in [0.4, 0.5) is 33.3 Å². The summed E-state index contributed by atoms with van der Waals surface area (Å²) in [6, 6.07) is 9.57. The van der Waals surface area contributed by atoms with Gasteiger partial charge in [-0.25, -0.2) is 26.3 Å². The molecule has 228 valence electrons. The van der Waals surface area contributed by atoms with E-state index >= 15 is 0 Å². The Kier molecular flexibility index (Phi) is 7.87. The monoisotopic (exact) mass is 628 g/mol. The van der Waals surface area contributed by atoms with E-state index in [1.807, 2.05) is 28.4 Å². The number of rotatable bonds is 10. The SMILES string of the molecule is CN1Sc2cc(OCC3(C(=O)O)CC(F)(F)C3)c(SC3CC4(CC4)C3)cc2N(c2ccc(F)cc2)CC1CCC(F)F. The predicted octanol–water partition coefficient (Wildman–Crippen LogP) is 8.24. The van der Waals surface area contributed by atoms with Crippen LogP contribution in [0, 0.1) is 16.6 Å². The number of fused-ring (bicyclic) bond motifs is 1. The molecule has 5 nitrogen and oxygen atoms in total. The predicted molar refractivity (Wildman–Crippen MR) is 153 cm³/mol. The normalized spacial score (nSPS) is 25.4.